The van der Waals surface area contributed by atoms with Gasteiger partial charge in [-0.3, -0.25) is 9.69 Å². The van der Waals surface area contributed by atoms with Crippen LogP contribution < -0.4 is 0 Å². The zero-order valence-corrected chi connectivity index (χ0v) is 16.8. The van der Waals surface area contributed by atoms with E-state index >= 15 is 0 Å². The van der Waals surface area contributed by atoms with Gasteiger partial charge in [-0.2, -0.15) is 0 Å². The SMILES string of the molecule is C/C(=C\c1ccccc1)CN(CCCN1CCOCC1)C(=O)C(C)(C)C. The molecule has 0 bridgehead atoms. The van der Waals surface area contributed by atoms with Gasteiger partial charge in [0.15, 0.2) is 0 Å². The number of rotatable bonds is 7. The standard InChI is InChI=1S/C22H34N2O2/c1-19(17-20-9-6-5-7-10-20)18-24(21(25)22(2,3)4)12-8-11-23-13-15-26-16-14-23/h5-7,9-10,17H,8,11-16,18H2,1-4H3/b19-17+. The van der Waals surface area contributed by atoms with Gasteiger partial charge >= 0.3 is 0 Å². The Labute approximate surface area is 158 Å². The molecule has 1 heterocycles. The molecular weight excluding hydrogens is 324 g/mol. The molecule has 0 saturated carbocycles. The maximum Gasteiger partial charge on any atom is 0.228 e. The summed E-state index contributed by atoms with van der Waals surface area (Å²) in [4.78, 5) is 17.3. The van der Waals surface area contributed by atoms with Gasteiger partial charge in [-0.05, 0) is 18.9 Å². The van der Waals surface area contributed by atoms with E-state index in [-0.39, 0.29) is 11.3 Å². The van der Waals surface area contributed by atoms with Crippen molar-refractivity contribution < 1.29 is 9.53 Å². The van der Waals surface area contributed by atoms with Crippen molar-refractivity contribution in [2.75, 3.05) is 45.9 Å². The monoisotopic (exact) mass is 358 g/mol. The molecule has 0 radical (unpaired) electrons. The van der Waals surface area contributed by atoms with Crippen LogP contribution in [0.15, 0.2) is 35.9 Å². The zero-order chi connectivity index (χ0) is 19.0. The Morgan fingerprint density at radius 1 is 1.19 bits per heavy atom. The summed E-state index contributed by atoms with van der Waals surface area (Å²) in [6.07, 6.45) is 3.17. The lowest BCUT2D eigenvalue weighted by Gasteiger charge is -2.31. The molecule has 0 unspecified atom stereocenters. The summed E-state index contributed by atoms with van der Waals surface area (Å²) in [5.41, 5.74) is 2.04. The van der Waals surface area contributed by atoms with Gasteiger partial charge in [-0.25, -0.2) is 0 Å². The average Bonchev–Trinajstić information content (AvgIpc) is 2.61. The van der Waals surface area contributed by atoms with Crippen LogP contribution in [0, 0.1) is 5.41 Å². The molecule has 1 aromatic rings. The van der Waals surface area contributed by atoms with Crippen molar-refractivity contribution in [2.45, 2.75) is 34.1 Å². The molecule has 0 spiro atoms. The molecule has 1 fully saturated rings. The van der Waals surface area contributed by atoms with E-state index in [2.05, 4.69) is 30.0 Å². The molecule has 0 aliphatic carbocycles. The zero-order valence-electron chi connectivity index (χ0n) is 16.8. The number of hydrogen-bond donors (Lipinski definition) is 0. The molecule has 0 N–H and O–H groups in total. The van der Waals surface area contributed by atoms with Crippen molar-refractivity contribution in [1.29, 1.82) is 0 Å². The predicted molar refractivity (Wildman–Crippen MR) is 108 cm³/mol. The molecule has 1 aromatic carbocycles. The van der Waals surface area contributed by atoms with Crippen LogP contribution in [0.5, 0.6) is 0 Å². The van der Waals surface area contributed by atoms with Gasteiger partial charge in [0, 0.05) is 38.1 Å². The van der Waals surface area contributed by atoms with Crippen molar-refractivity contribution in [3.8, 4) is 0 Å². The van der Waals surface area contributed by atoms with Gasteiger partial charge in [-0.15, -0.1) is 0 Å². The maximum atomic E-state index is 12.9. The van der Waals surface area contributed by atoms with Crippen molar-refractivity contribution in [2.24, 2.45) is 5.41 Å². The topological polar surface area (TPSA) is 32.8 Å². The Morgan fingerprint density at radius 3 is 2.46 bits per heavy atom. The van der Waals surface area contributed by atoms with Gasteiger partial charge in [-0.1, -0.05) is 62.8 Å². The molecule has 1 amide bonds. The largest absolute Gasteiger partial charge is 0.379 e. The molecular formula is C22H34N2O2. The number of benzene rings is 1. The number of ether oxygens (including phenoxy) is 1. The molecule has 144 valence electrons. The van der Waals surface area contributed by atoms with Crippen LogP contribution in [-0.4, -0.2) is 61.6 Å². The lowest BCUT2D eigenvalue weighted by Crippen LogP contribution is -2.43. The normalized spacial score (nSPS) is 16.5. The van der Waals surface area contributed by atoms with E-state index in [1.807, 2.05) is 43.9 Å². The molecule has 0 atom stereocenters. The number of amides is 1. The number of carbonyl (C=O) groups excluding carboxylic acids is 1. The molecule has 1 saturated heterocycles. The highest BCUT2D eigenvalue weighted by Gasteiger charge is 2.27. The smallest absolute Gasteiger partial charge is 0.228 e. The van der Waals surface area contributed by atoms with E-state index in [9.17, 15) is 4.79 Å². The fourth-order valence-corrected chi connectivity index (χ4v) is 3.22. The second-order valence-electron chi connectivity index (χ2n) is 8.19. The van der Waals surface area contributed by atoms with Crippen LogP contribution in [0.2, 0.25) is 0 Å². The van der Waals surface area contributed by atoms with E-state index in [4.69, 9.17) is 4.74 Å². The third-order valence-corrected chi connectivity index (χ3v) is 4.59. The molecule has 1 aliphatic rings. The first-order valence-corrected chi connectivity index (χ1v) is 9.68. The maximum absolute atomic E-state index is 12.9. The quantitative estimate of drug-likeness (QED) is 0.745. The average molecular weight is 359 g/mol. The fraction of sp³-hybridized carbons (Fsp3) is 0.591. The number of carbonyl (C=O) groups is 1. The number of hydrogen-bond acceptors (Lipinski definition) is 3. The third kappa shape index (κ3) is 6.93. The number of morpholine rings is 1. The van der Waals surface area contributed by atoms with E-state index in [1.54, 1.807) is 0 Å². The molecule has 2 rings (SSSR count). The van der Waals surface area contributed by atoms with E-state index in [0.717, 1.165) is 45.8 Å². The molecule has 4 heteroatoms. The Kier molecular flexibility index (Phi) is 7.85. The summed E-state index contributed by atoms with van der Waals surface area (Å²) < 4.78 is 5.41. The molecule has 0 aromatic heterocycles. The van der Waals surface area contributed by atoms with Gasteiger partial charge in [0.2, 0.25) is 5.91 Å². The highest BCUT2D eigenvalue weighted by atomic mass is 16.5. The Bertz CT molecular complexity index is 584. The molecule has 1 aliphatic heterocycles. The first kappa shape index (κ1) is 20.7. The van der Waals surface area contributed by atoms with E-state index in [0.29, 0.717) is 6.54 Å². The van der Waals surface area contributed by atoms with Gasteiger partial charge < -0.3 is 9.64 Å². The van der Waals surface area contributed by atoms with Crippen molar-refractivity contribution >= 4 is 12.0 Å². The van der Waals surface area contributed by atoms with Crippen molar-refractivity contribution in [1.82, 2.24) is 9.80 Å². The first-order valence-electron chi connectivity index (χ1n) is 9.68. The highest BCUT2D eigenvalue weighted by Crippen LogP contribution is 2.19. The van der Waals surface area contributed by atoms with Crippen molar-refractivity contribution in [3.05, 3.63) is 41.5 Å². The van der Waals surface area contributed by atoms with Gasteiger partial charge in [0.05, 0.1) is 13.2 Å². The van der Waals surface area contributed by atoms with E-state index in [1.165, 1.54) is 11.1 Å². The minimum absolute atomic E-state index is 0.222. The predicted octanol–water partition coefficient (Wildman–Crippen LogP) is 3.69. The minimum Gasteiger partial charge on any atom is -0.379 e. The highest BCUT2D eigenvalue weighted by molar-refractivity contribution is 5.82. The third-order valence-electron chi connectivity index (χ3n) is 4.59. The first-order chi connectivity index (χ1) is 12.4. The van der Waals surface area contributed by atoms with Gasteiger partial charge in [0.1, 0.15) is 0 Å². The lowest BCUT2D eigenvalue weighted by molar-refractivity contribution is -0.139. The van der Waals surface area contributed by atoms with Gasteiger partial charge in [0.25, 0.3) is 0 Å². The van der Waals surface area contributed by atoms with Crippen LogP contribution in [0.25, 0.3) is 6.08 Å². The van der Waals surface area contributed by atoms with Crippen LogP contribution in [-0.2, 0) is 9.53 Å². The molecule has 26 heavy (non-hydrogen) atoms. The summed E-state index contributed by atoms with van der Waals surface area (Å²) in [5, 5.41) is 0. The lowest BCUT2D eigenvalue weighted by atomic mass is 9.94. The minimum atomic E-state index is -0.355. The van der Waals surface area contributed by atoms with Crippen LogP contribution >= 0.6 is 0 Å². The van der Waals surface area contributed by atoms with Crippen LogP contribution in [0.1, 0.15) is 39.7 Å². The second kappa shape index (κ2) is 9.89. The van der Waals surface area contributed by atoms with Crippen LogP contribution in [0.3, 0.4) is 0 Å². The number of nitrogens with zero attached hydrogens (tertiary/aromatic N) is 2. The Balaban J connectivity index is 1.96. The van der Waals surface area contributed by atoms with Crippen molar-refractivity contribution in [3.63, 3.8) is 0 Å². The van der Waals surface area contributed by atoms with Crippen LogP contribution in [0.4, 0.5) is 0 Å². The summed E-state index contributed by atoms with van der Waals surface area (Å²) in [6, 6.07) is 10.3. The Morgan fingerprint density at radius 2 is 1.85 bits per heavy atom. The summed E-state index contributed by atoms with van der Waals surface area (Å²) >= 11 is 0. The summed E-state index contributed by atoms with van der Waals surface area (Å²) in [7, 11) is 0. The summed E-state index contributed by atoms with van der Waals surface area (Å²) in [5.74, 6) is 0.222. The fourth-order valence-electron chi connectivity index (χ4n) is 3.22. The summed E-state index contributed by atoms with van der Waals surface area (Å²) in [6.45, 7) is 14.3. The second-order valence-corrected chi connectivity index (χ2v) is 8.19. The Hall–Kier alpha value is -1.65. The van der Waals surface area contributed by atoms with E-state index < -0.39 is 0 Å². The molecule has 4 nitrogen and oxygen atoms in total.